The molecule has 0 N–H and O–H groups in total. The van der Waals surface area contributed by atoms with Crippen LogP contribution in [0, 0.1) is 11.7 Å². The number of rotatable bonds is 5. The third-order valence-corrected chi connectivity index (χ3v) is 4.11. The molecule has 122 valence electrons. The fourth-order valence-corrected chi connectivity index (χ4v) is 2.89. The number of ether oxygens (including phenoxy) is 3. The summed E-state index contributed by atoms with van der Waals surface area (Å²) in [5.41, 5.74) is 0.731. The van der Waals surface area contributed by atoms with Gasteiger partial charge in [0.2, 0.25) is 0 Å². The number of esters is 1. The standard InChI is InChI=1S/C16H22FNO4/c1-20-15(19)13-5-4-12(10-14(13)17)18-8-6-11(7-9-18)16(21-2)22-3/h4-5,10-11,16H,6-9H2,1-3H3. The molecule has 1 fully saturated rings. The van der Waals surface area contributed by atoms with Gasteiger partial charge < -0.3 is 19.1 Å². The first kappa shape index (κ1) is 16.7. The van der Waals surface area contributed by atoms with Crippen molar-refractivity contribution in [2.75, 3.05) is 39.3 Å². The molecule has 0 aromatic heterocycles. The normalized spacial score (nSPS) is 16.1. The van der Waals surface area contributed by atoms with E-state index >= 15 is 0 Å². The second kappa shape index (κ2) is 7.56. The summed E-state index contributed by atoms with van der Waals surface area (Å²) in [4.78, 5) is 13.5. The summed E-state index contributed by atoms with van der Waals surface area (Å²) in [7, 11) is 4.52. The molecule has 0 unspecified atom stereocenters. The number of halogens is 1. The van der Waals surface area contributed by atoms with Gasteiger partial charge in [-0.3, -0.25) is 0 Å². The Kier molecular flexibility index (Phi) is 5.74. The summed E-state index contributed by atoms with van der Waals surface area (Å²) < 4.78 is 29.1. The van der Waals surface area contributed by atoms with Crippen molar-refractivity contribution in [2.45, 2.75) is 19.1 Å². The van der Waals surface area contributed by atoms with Crippen LogP contribution in [0.2, 0.25) is 0 Å². The number of hydrogen-bond acceptors (Lipinski definition) is 5. The van der Waals surface area contributed by atoms with Gasteiger partial charge in [0.25, 0.3) is 0 Å². The summed E-state index contributed by atoms with van der Waals surface area (Å²) in [6.45, 7) is 1.59. The van der Waals surface area contributed by atoms with Crippen LogP contribution in [0.4, 0.5) is 10.1 Å². The van der Waals surface area contributed by atoms with Gasteiger partial charge in [-0.15, -0.1) is 0 Å². The molecule has 1 saturated heterocycles. The molecule has 1 aromatic rings. The minimum absolute atomic E-state index is 0.0417. The van der Waals surface area contributed by atoms with Crippen LogP contribution >= 0.6 is 0 Å². The zero-order chi connectivity index (χ0) is 16.1. The van der Waals surface area contributed by atoms with Gasteiger partial charge in [-0.25, -0.2) is 9.18 Å². The molecule has 1 aromatic carbocycles. The van der Waals surface area contributed by atoms with E-state index < -0.39 is 11.8 Å². The lowest BCUT2D eigenvalue weighted by atomic mass is 9.95. The molecule has 0 bridgehead atoms. The predicted octanol–water partition coefficient (Wildman–Crippen LogP) is 2.45. The van der Waals surface area contributed by atoms with Crippen LogP contribution in [0.25, 0.3) is 0 Å². The molecule has 0 spiro atoms. The SMILES string of the molecule is COC(=O)c1ccc(N2CCC(C(OC)OC)CC2)cc1F. The lowest BCUT2D eigenvalue weighted by molar-refractivity contribution is -0.141. The molecular weight excluding hydrogens is 289 g/mol. The topological polar surface area (TPSA) is 48.0 Å². The van der Waals surface area contributed by atoms with Crippen LogP contribution in [0.1, 0.15) is 23.2 Å². The predicted molar refractivity (Wildman–Crippen MR) is 80.5 cm³/mol. The van der Waals surface area contributed by atoms with Gasteiger partial charge in [0.05, 0.1) is 12.7 Å². The quantitative estimate of drug-likeness (QED) is 0.617. The van der Waals surface area contributed by atoms with Crippen molar-refractivity contribution in [2.24, 2.45) is 5.92 Å². The number of nitrogens with zero attached hydrogens (tertiary/aromatic N) is 1. The molecule has 1 aliphatic rings. The fraction of sp³-hybridized carbons (Fsp3) is 0.562. The van der Waals surface area contributed by atoms with Crippen LogP contribution in [0.15, 0.2) is 18.2 Å². The van der Waals surface area contributed by atoms with Crippen molar-refractivity contribution in [3.8, 4) is 0 Å². The Hall–Kier alpha value is -1.66. The summed E-state index contributed by atoms with van der Waals surface area (Å²) in [5, 5.41) is 0. The molecule has 5 nitrogen and oxygen atoms in total. The molecule has 0 amide bonds. The van der Waals surface area contributed by atoms with Gasteiger partial charge in [-0.2, -0.15) is 0 Å². The highest BCUT2D eigenvalue weighted by Gasteiger charge is 2.27. The van der Waals surface area contributed by atoms with Gasteiger partial charge in [0.1, 0.15) is 5.82 Å². The van der Waals surface area contributed by atoms with Crippen molar-refractivity contribution >= 4 is 11.7 Å². The number of carbonyl (C=O) groups excluding carboxylic acids is 1. The van der Waals surface area contributed by atoms with Gasteiger partial charge >= 0.3 is 5.97 Å². The Morgan fingerprint density at radius 1 is 1.23 bits per heavy atom. The molecule has 0 aliphatic carbocycles. The van der Waals surface area contributed by atoms with E-state index in [-0.39, 0.29) is 11.9 Å². The Labute approximate surface area is 130 Å². The molecule has 1 heterocycles. The molecule has 22 heavy (non-hydrogen) atoms. The maximum atomic E-state index is 14.0. The largest absolute Gasteiger partial charge is 0.465 e. The van der Waals surface area contributed by atoms with Crippen LogP contribution in [0.5, 0.6) is 0 Å². The number of benzene rings is 1. The fourth-order valence-electron chi connectivity index (χ4n) is 2.89. The van der Waals surface area contributed by atoms with E-state index in [4.69, 9.17) is 9.47 Å². The van der Waals surface area contributed by atoms with Crippen LogP contribution in [-0.4, -0.2) is 46.7 Å². The summed E-state index contributed by atoms with van der Waals surface area (Å²) in [5.74, 6) is -0.880. The van der Waals surface area contributed by atoms with Crippen molar-refractivity contribution < 1.29 is 23.4 Å². The Balaban J connectivity index is 2.02. The number of piperidine rings is 1. The zero-order valence-corrected chi connectivity index (χ0v) is 13.2. The van der Waals surface area contributed by atoms with Crippen LogP contribution in [0.3, 0.4) is 0 Å². The van der Waals surface area contributed by atoms with Crippen molar-refractivity contribution in [3.05, 3.63) is 29.6 Å². The number of anilines is 1. The zero-order valence-electron chi connectivity index (χ0n) is 13.2. The minimum Gasteiger partial charge on any atom is -0.465 e. The van der Waals surface area contributed by atoms with E-state index in [2.05, 4.69) is 9.64 Å². The van der Waals surface area contributed by atoms with Gasteiger partial charge in [-0.1, -0.05) is 0 Å². The first-order valence-electron chi connectivity index (χ1n) is 7.29. The lowest BCUT2D eigenvalue weighted by Crippen LogP contribution is -2.39. The van der Waals surface area contributed by atoms with Crippen LogP contribution in [-0.2, 0) is 14.2 Å². The second-order valence-corrected chi connectivity index (χ2v) is 5.32. The molecular formula is C16H22FNO4. The first-order chi connectivity index (χ1) is 10.6. The summed E-state index contributed by atoms with van der Waals surface area (Å²) in [6.07, 6.45) is 1.62. The first-order valence-corrected chi connectivity index (χ1v) is 7.29. The van der Waals surface area contributed by atoms with Crippen molar-refractivity contribution in [3.63, 3.8) is 0 Å². The van der Waals surface area contributed by atoms with Crippen molar-refractivity contribution in [1.29, 1.82) is 0 Å². The highest BCUT2D eigenvalue weighted by atomic mass is 19.1. The Bertz CT molecular complexity index is 511. The monoisotopic (exact) mass is 311 g/mol. The number of carbonyl (C=O) groups is 1. The third kappa shape index (κ3) is 3.56. The van der Waals surface area contributed by atoms with Gasteiger partial charge in [0.15, 0.2) is 6.29 Å². The smallest absolute Gasteiger partial charge is 0.340 e. The maximum absolute atomic E-state index is 14.0. The molecule has 0 radical (unpaired) electrons. The van der Waals surface area contributed by atoms with E-state index in [1.807, 2.05) is 0 Å². The minimum atomic E-state index is -0.661. The second-order valence-electron chi connectivity index (χ2n) is 5.32. The van der Waals surface area contributed by atoms with E-state index in [1.54, 1.807) is 20.3 Å². The lowest BCUT2D eigenvalue weighted by Gasteiger charge is -2.36. The van der Waals surface area contributed by atoms with Crippen LogP contribution < -0.4 is 4.90 Å². The average Bonchev–Trinajstić information content (AvgIpc) is 2.56. The summed E-state index contributed by atoms with van der Waals surface area (Å²) in [6, 6.07) is 4.60. The van der Waals surface area contributed by atoms with E-state index in [0.717, 1.165) is 31.6 Å². The molecule has 0 atom stereocenters. The molecule has 1 aliphatic heterocycles. The van der Waals surface area contributed by atoms with Gasteiger partial charge in [0, 0.05) is 38.9 Å². The molecule has 0 saturated carbocycles. The molecule has 2 rings (SSSR count). The molecule has 6 heteroatoms. The average molecular weight is 311 g/mol. The van der Waals surface area contributed by atoms with E-state index in [9.17, 15) is 9.18 Å². The highest BCUT2D eigenvalue weighted by Crippen LogP contribution is 2.27. The van der Waals surface area contributed by atoms with E-state index in [0.29, 0.717) is 5.92 Å². The third-order valence-electron chi connectivity index (χ3n) is 4.11. The summed E-state index contributed by atoms with van der Waals surface area (Å²) >= 11 is 0. The number of methoxy groups -OCH3 is 3. The number of hydrogen-bond donors (Lipinski definition) is 0. The van der Waals surface area contributed by atoms with Crippen molar-refractivity contribution in [1.82, 2.24) is 0 Å². The van der Waals surface area contributed by atoms with Gasteiger partial charge in [-0.05, 0) is 31.0 Å². The Morgan fingerprint density at radius 2 is 1.86 bits per heavy atom. The maximum Gasteiger partial charge on any atom is 0.340 e. The highest BCUT2D eigenvalue weighted by molar-refractivity contribution is 5.90. The van der Waals surface area contributed by atoms with E-state index in [1.165, 1.54) is 19.2 Å². The Morgan fingerprint density at radius 3 is 2.36 bits per heavy atom.